The van der Waals surface area contributed by atoms with Crippen LogP contribution < -0.4 is 4.74 Å². The van der Waals surface area contributed by atoms with E-state index in [1.54, 1.807) is 36.4 Å². The Morgan fingerprint density at radius 3 is 2.46 bits per heavy atom. The van der Waals surface area contributed by atoms with E-state index in [1.807, 2.05) is 12.1 Å². The van der Waals surface area contributed by atoms with E-state index in [4.69, 9.17) is 4.74 Å². The third-order valence-corrected chi connectivity index (χ3v) is 9.18. The molecule has 0 saturated heterocycles. The first-order chi connectivity index (χ1) is 17.7. The van der Waals surface area contributed by atoms with Crippen LogP contribution in [0.2, 0.25) is 0 Å². The number of aryl methyl sites for hydroxylation is 1. The van der Waals surface area contributed by atoms with Gasteiger partial charge in [0.1, 0.15) is 11.5 Å². The number of hydrogen-bond acceptors (Lipinski definition) is 5. The minimum Gasteiger partial charge on any atom is -0.481 e. The van der Waals surface area contributed by atoms with Gasteiger partial charge in [-0.05, 0) is 85.1 Å². The molecule has 0 aromatic heterocycles. The van der Waals surface area contributed by atoms with Crippen LogP contribution in [0.5, 0.6) is 5.75 Å². The molecule has 3 aliphatic rings. The van der Waals surface area contributed by atoms with Crippen LogP contribution in [0.25, 0.3) is 0 Å². The Morgan fingerprint density at radius 2 is 1.76 bits per heavy atom. The second-order valence-electron chi connectivity index (χ2n) is 11.0. The Kier molecular flexibility index (Phi) is 6.65. The van der Waals surface area contributed by atoms with Gasteiger partial charge in [-0.15, -0.1) is 0 Å². The van der Waals surface area contributed by atoms with Crippen molar-refractivity contribution < 1.29 is 34.1 Å². The van der Waals surface area contributed by atoms with Gasteiger partial charge >= 0.3 is 17.9 Å². The van der Waals surface area contributed by atoms with Gasteiger partial charge < -0.3 is 14.9 Å². The summed E-state index contributed by atoms with van der Waals surface area (Å²) in [7, 11) is 0. The van der Waals surface area contributed by atoms with Crippen LogP contribution in [0.3, 0.4) is 0 Å². The Bertz CT molecular complexity index is 1240. The molecular formula is C30H32O7. The summed E-state index contributed by atoms with van der Waals surface area (Å²) in [5, 5.41) is 19.4. The third-order valence-electron chi connectivity index (χ3n) is 9.18. The largest absolute Gasteiger partial charge is 0.481 e. The van der Waals surface area contributed by atoms with Crippen molar-refractivity contribution in [3.8, 4) is 5.75 Å². The first-order valence-electron chi connectivity index (χ1n) is 13.1. The van der Waals surface area contributed by atoms with Crippen molar-refractivity contribution in [2.45, 2.75) is 63.7 Å². The molecule has 2 fully saturated rings. The molecule has 0 bridgehead atoms. The number of carbonyl (C=O) groups excluding carboxylic acids is 2. The highest BCUT2D eigenvalue weighted by Gasteiger charge is 2.54. The van der Waals surface area contributed by atoms with Crippen molar-refractivity contribution in [1.82, 2.24) is 0 Å². The predicted molar refractivity (Wildman–Crippen MR) is 134 cm³/mol. The molecule has 2 unspecified atom stereocenters. The lowest BCUT2D eigenvalue weighted by Crippen LogP contribution is -2.42. The highest BCUT2D eigenvalue weighted by molar-refractivity contribution is 5.95. The zero-order valence-electron chi connectivity index (χ0n) is 20.9. The van der Waals surface area contributed by atoms with E-state index in [2.05, 4.69) is 6.92 Å². The molecule has 0 spiro atoms. The van der Waals surface area contributed by atoms with Gasteiger partial charge in [0.2, 0.25) is 0 Å². The molecule has 2 aromatic carbocycles. The van der Waals surface area contributed by atoms with E-state index in [9.17, 15) is 29.4 Å². The van der Waals surface area contributed by atoms with Gasteiger partial charge in [-0.25, -0.2) is 0 Å². The van der Waals surface area contributed by atoms with Crippen LogP contribution in [0.15, 0.2) is 48.5 Å². The van der Waals surface area contributed by atoms with Gasteiger partial charge in [0.05, 0.1) is 5.92 Å². The van der Waals surface area contributed by atoms with E-state index in [0.717, 1.165) is 37.7 Å². The number of benzene rings is 2. The molecule has 0 radical (unpaired) electrons. The maximum Gasteiger partial charge on any atom is 0.325 e. The predicted octanol–water partition coefficient (Wildman–Crippen LogP) is 4.98. The second-order valence-corrected chi connectivity index (χ2v) is 11.0. The van der Waals surface area contributed by atoms with E-state index in [0.29, 0.717) is 35.5 Å². The maximum atomic E-state index is 12.9. The lowest BCUT2D eigenvalue weighted by atomic mass is 9.55. The van der Waals surface area contributed by atoms with Crippen molar-refractivity contribution >= 4 is 23.7 Å². The number of fused-ring (bicyclic) bond motifs is 5. The number of esters is 1. The molecule has 37 heavy (non-hydrogen) atoms. The van der Waals surface area contributed by atoms with Crippen molar-refractivity contribution in [3.05, 3.63) is 65.2 Å². The monoisotopic (exact) mass is 504 g/mol. The van der Waals surface area contributed by atoms with Crippen LogP contribution in [0.1, 0.15) is 74.0 Å². The molecule has 6 atom stereocenters. The minimum atomic E-state index is -1.61. The Morgan fingerprint density at radius 1 is 1.00 bits per heavy atom. The minimum absolute atomic E-state index is 0.187. The van der Waals surface area contributed by atoms with Crippen LogP contribution in [0, 0.1) is 23.2 Å². The summed E-state index contributed by atoms with van der Waals surface area (Å²) in [6.45, 7) is 2.15. The van der Waals surface area contributed by atoms with Gasteiger partial charge in [0.25, 0.3) is 0 Å². The first kappa shape index (κ1) is 25.2. The Hall–Kier alpha value is -3.48. The van der Waals surface area contributed by atoms with E-state index >= 15 is 0 Å². The molecule has 7 nitrogen and oxygen atoms in total. The summed E-state index contributed by atoms with van der Waals surface area (Å²) in [4.78, 5) is 49.3. The fourth-order valence-corrected chi connectivity index (χ4v) is 7.18. The first-order valence-corrected chi connectivity index (χ1v) is 13.1. The van der Waals surface area contributed by atoms with E-state index in [-0.39, 0.29) is 11.2 Å². The number of rotatable bonds is 7. The van der Waals surface area contributed by atoms with Gasteiger partial charge in [-0.1, -0.05) is 43.3 Å². The Balaban J connectivity index is 1.32. The van der Waals surface area contributed by atoms with E-state index in [1.165, 1.54) is 5.56 Å². The molecule has 5 rings (SSSR count). The SMILES string of the molecule is C[C@]12CC[C@@H]3c4ccc(OC(=O)C(CC(C(=O)O)c5ccccc5)C(=O)O)cc4CC[C@H]3[C@@H]1CCC2=O. The normalized spacial score (nSPS) is 27.8. The third kappa shape index (κ3) is 4.56. The molecule has 0 amide bonds. The number of carboxylic acids is 2. The molecule has 3 aliphatic carbocycles. The standard InChI is InChI=1S/C30H32O7/c1-30-14-13-21-20-10-8-19(15-18(20)7-9-22(21)25(30)11-12-26(30)31)37-29(36)24(28(34)35)16-23(27(32)33)17-5-3-2-4-6-17/h2-6,8,10,15,21-25H,7,9,11-14,16H2,1H3,(H,32,33)(H,34,35)/t21-,22-,23?,24?,25+,30+/m1/s1. The van der Waals surface area contributed by atoms with Gasteiger partial charge in [-0.3, -0.25) is 19.2 Å². The van der Waals surface area contributed by atoms with Gasteiger partial charge in [0.15, 0.2) is 5.92 Å². The number of aliphatic carboxylic acids is 2. The van der Waals surface area contributed by atoms with Gasteiger partial charge in [-0.2, -0.15) is 0 Å². The highest BCUT2D eigenvalue weighted by Crippen LogP contribution is 2.59. The summed E-state index contributed by atoms with van der Waals surface area (Å²) in [5.41, 5.74) is 2.58. The molecule has 0 aliphatic heterocycles. The van der Waals surface area contributed by atoms with Crippen LogP contribution in [-0.4, -0.2) is 33.9 Å². The lowest BCUT2D eigenvalue weighted by molar-refractivity contribution is -0.154. The number of hydrogen-bond donors (Lipinski definition) is 2. The number of Topliss-reactive ketones (excluding diaryl/α,β-unsaturated/α-hetero) is 1. The topological polar surface area (TPSA) is 118 Å². The summed E-state index contributed by atoms with van der Waals surface area (Å²) in [6.07, 6.45) is 4.92. The summed E-state index contributed by atoms with van der Waals surface area (Å²) < 4.78 is 5.50. The molecule has 194 valence electrons. The number of ether oxygens (including phenoxy) is 1. The quantitative estimate of drug-likeness (QED) is 0.310. The average Bonchev–Trinajstić information content (AvgIpc) is 3.18. The zero-order valence-corrected chi connectivity index (χ0v) is 20.9. The van der Waals surface area contributed by atoms with Crippen LogP contribution in [0.4, 0.5) is 0 Å². The number of carbonyl (C=O) groups is 4. The van der Waals surface area contributed by atoms with E-state index < -0.39 is 36.2 Å². The van der Waals surface area contributed by atoms with Crippen molar-refractivity contribution in [3.63, 3.8) is 0 Å². The van der Waals surface area contributed by atoms with Crippen molar-refractivity contribution in [2.75, 3.05) is 0 Å². The van der Waals surface area contributed by atoms with Crippen molar-refractivity contribution in [2.24, 2.45) is 23.2 Å². The maximum absolute atomic E-state index is 12.9. The number of carboxylic acid groups (broad SMARTS) is 2. The lowest BCUT2D eigenvalue weighted by Gasteiger charge is -2.48. The van der Waals surface area contributed by atoms with Crippen LogP contribution >= 0.6 is 0 Å². The molecule has 2 saturated carbocycles. The molecule has 0 heterocycles. The molecule has 2 N–H and O–H groups in total. The smallest absolute Gasteiger partial charge is 0.325 e. The molecule has 7 heteroatoms. The summed E-state index contributed by atoms with van der Waals surface area (Å²) >= 11 is 0. The summed E-state index contributed by atoms with van der Waals surface area (Å²) in [6, 6.07) is 13.8. The fraction of sp³-hybridized carbons (Fsp3) is 0.467. The number of ketones is 1. The highest BCUT2D eigenvalue weighted by atomic mass is 16.5. The average molecular weight is 505 g/mol. The second kappa shape index (κ2) is 9.77. The fourth-order valence-electron chi connectivity index (χ4n) is 7.18. The van der Waals surface area contributed by atoms with Gasteiger partial charge in [0, 0.05) is 11.8 Å². The zero-order chi connectivity index (χ0) is 26.3. The Labute approximate surface area is 215 Å². The van der Waals surface area contributed by atoms with Crippen molar-refractivity contribution in [1.29, 1.82) is 0 Å². The molecular weight excluding hydrogens is 472 g/mol. The summed E-state index contributed by atoms with van der Waals surface area (Å²) in [5.74, 6) is -4.36. The molecule has 2 aromatic rings. The van der Waals surface area contributed by atoms with Crippen LogP contribution in [-0.2, 0) is 25.6 Å².